The van der Waals surface area contributed by atoms with Crippen LogP contribution in [-0.4, -0.2) is 38.7 Å². The van der Waals surface area contributed by atoms with E-state index in [-0.39, 0.29) is 23.5 Å². The predicted molar refractivity (Wildman–Crippen MR) is 83.1 cm³/mol. The van der Waals surface area contributed by atoms with E-state index in [0.717, 1.165) is 0 Å². The molecule has 0 amide bonds. The Kier molecular flexibility index (Phi) is 5.36. The number of carbonyl (C=O) groups excluding carboxylic acids is 3. The highest BCUT2D eigenvalue weighted by Gasteiger charge is 2.29. The van der Waals surface area contributed by atoms with Crippen LogP contribution in [-0.2, 0) is 33.3 Å². The van der Waals surface area contributed by atoms with Crippen molar-refractivity contribution in [3.63, 3.8) is 0 Å². The van der Waals surface area contributed by atoms with Crippen LogP contribution in [0.15, 0.2) is 36.3 Å². The SMILES string of the molecule is COC(=O)C1=COC(COC(C)=O)=C(C(=O)OC)c2ccccc21. The zero-order valence-corrected chi connectivity index (χ0v) is 13.5. The lowest BCUT2D eigenvalue weighted by atomic mass is 9.94. The summed E-state index contributed by atoms with van der Waals surface area (Å²) in [7, 11) is 2.46. The largest absolute Gasteiger partial charge is 0.465 e. The molecule has 0 saturated heterocycles. The van der Waals surface area contributed by atoms with E-state index < -0.39 is 17.9 Å². The first-order chi connectivity index (χ1) is 11.5. The van der Waals surface area contributed by atoms with Crippen LogP contribution in [0.25, 0.3) is 11.1 Å². The Morgan fingerprint density at radius 3 is 2.21 bits per heavy atom. The minimum absolute atomic E-state index is 0.0587. The lowest BCUT2D eigenvalue weighted by molar-refractivity contribution is -0.141. The maximum atomic E-state index is 12.2. The number of hydrogen-bond donors (Lipinski definition) is 0. The van der Waals surface area contributed by atoms with Crippen molar-refractivity contribution in [1.82, 2.24) is 0 Å². The van der Waals surface area contributed by atoms with Gasteiger partial charge in [0, 0.05) is 18.1 Å². The maximum absolute atomic E-state index is 12.2. The second-order valence-corrected chi connectivity index (χ2v) is 4.76. The Bertz CT molecular complexity index is 743. The van der Waals surface area contributed by atoms with E-state index in [1.165, 1.54) is 27.4 Å². The van der Waals surface area contributed by atoms with Crippen LogP contribution in [0, 0.1) is 0 Å². The van der Waals surface area contributed by atoms with Crippen molar-refractivity contribution >= 4 is 29.1 Å². The number of fused-ring (bicyclic) bond motifs is 1. The topological polar surface area (TPSA) is 88.1 Å². The normalized spacial score (nSPS) is 13.0. The van der Waals surface area contributed by atoms with Gasteiger partial charge in [-0.15, -0.1) is 0 Å². The van der Waals surface area contributed by atoms with E-state index in [0.29, 0.717) is 11.1 Å². The molecule has 1 heterocycles. The van der Waals surface area contributed by atoms with Gasteiger partial charge in [-0.1, -0.05) is 24.3 Å². The van der Waals surface area contributed by atoms with Gasteiger partial charge in [0.15, 0.2) is 5.76 Å². The van der Waals surface area contributed by atoms with Gasteiger partial charge in [0.05, 0.1) is 14.2 Å². The molecule has 7 nitrogen and oxygen atoms in total. The number of esters is 3. The van der Waals surface area contributed by atoms with Crippen LogP contribution >= 0.6 is 0 Å². The third-order valence-electron chi connectivity index (χ3n) is 3.29. The van der Waals surface area contributed by atoms with E-state index in [1.807, 2.05) is 0 Å². The summed E-state index contributed by atoms with van der Waals surface area (Å²) in [6.45, 7) is 0.956. The zero-order valence-electron chi connectivity index (χ0n) is 13.5. The summed E-state index contributed by atoms with van der Waals surface area (Å²) in [5, 5.41) is 0. The molecule has 126 valence electrons. The number of ether oxygens (including phenoxy) is 4. The Morgan fingerprint density at radius 1 is 1.00 bits per heavy atom. The molecule has 24 heavy (non-hydrogen) atoms. The molecule has 0 aromatic heterocycles. The predicted octanol–water partition coefficient (Wildman–Crippen LogP) is 1.68. The molecule has 0 atom stereocenters. The lowest BCUT2D eigenvalue weighted by Gasteiger charge is -2.12. The van der Waals surface area contributed by atoms with E-state index in [9.17, 15) is 14.4 Å². The van der Waals surface area contributed by atoms with Crippen LogP contribution in [0.2, 0.25) is 0 Å². The minimum Gasteiger partial charge on any atom is -0.465 e. The van der Waals surface area contributed by atoms with Gasteiger partial charge >= 0.3 is 17.9 Å². The Labute approximate surface area is 138 Å². The number of rotatable bonds is 4. The Hall–Kier alpha value is -3.09. The van der Waals surface area contributed by atoms with Gasteiger partial charge in [-0.05, 0) is 0 Å². The fourth-order valence-corrected chi connectivity index (χ4v) is 2.21. The number of hydrogen-bond acceptors (Lipinski definition) is 7. The molecule has 1 aliphatic heterocycles. The molecular formula is C17H16O7. The van der Waals surface area contributed by atoms with Crippen molar-refractivity contribution < 1.29 is 33.3 Å². The van der Waals surface area contributed by atoms with Gasteiger partial charge in [-0.3, -0.25) is 4.79 Å². The highest BCUT2D eigenvalue weighted by molar-refractivity contribution is 6.23. The summed E-state index contributed by atoms with van der Waals surface area (Å²) < 4.78 is 19.9. The van der Waals surface area contributed by atoms with Crippen LogP contribution in [0.3, 0.4) is 0 Å². The van der Waals surface area contributed by atoms with Crippen LogP contribution in [0.4, 0.5) is 0 Å². The number of carbonyl (C=O) groups is 3. The maximum Gasteiger partial charge on any atom is 0.342 e. The Morgan fingerprint density at radius 2 is 1.62 bits per heavy atom. The van der Waals surface area contributed by atoms with Crippen molar-refractivity contribution in [1.29, 1.82) is 0 Å². The molecule has 0 N–H and O–H groups in total. The van der Waals surface area contributed by atoms with Gasteiger partial charge < -0.3 is 18.9 Å². The van der Waals surface area contributed by atoms with Crippen molar-refractivity contribution in [3.8, 4) is 0 Å². The standard InChI is InChI=1S/C17H16O7/c1-10(18)23-9-14-15(17(20)22-3)12-7-5-4-6-11(12)13(8-24-14)16(19)21-2/h4-8H,9H2,1-3H3. The molecule has 0 bridgehead atoms. The first-order valence-electron chi connectivity index (χ1n) is 6.99. The molecule has 0 unspecified atom stereocenters. The third-order valence-corrected chi connectivity index (χ3v) is 3.29. The summed E-state index contributed by atoms with van der Waals surface area (Å²) in [5.74, 6) is -1.78. The van der Waals surface area contributed by atoms with Crippen molar-refractivity contribution in [2.75, 3.05) is 20.8 Å². The average Bonchev–Trinajstić information content (AvgIpc) is 2.75. The second kappa shape index (κ2) is 7.45. The quantitative estimate of drug-likeness (QED) is 0.612. The molecule has 0 fully saturated rings. The molecule has 1 aromatic carbocycles. The molecule has 7 heteroatoms. The molecule has 0 aliphatic carbocycles. The molecule has 1 aromatic rings. The van der Waals surface area contributed by atoms with E-state index in [2.05, 4.69) is 0 Å². The molecular weight excluding hydrogens is 316 g/mol. The van der Waals surface area contributed by atoms with Gasteiger partial charge in [0.2, 0.25) is 0 Å². The molecule has 1 aliphatic rings. The van der Waals surface area contributed by atoms with E-state index in [4.69, 9.17) is 18.9 Å². The minimum atomic E-state index is -0.677. The first-order valence-corrected chi connectivity index (χ1v) is 6.99. The summed E-state index contributed by atoms with van der Waals surface area (Å²) in [4.78, 5) is 35.3. The summed E-state index contributed by atoms with van der Waals surface area (Å²) in [6.07, 6.45) is 1.17. The molecule has 2 rings (SSSR count). The van der Waals surface area contributed by atoms with Crippen LogP contribution in [0.5, 0.6) is 0 Å². The Balaban J connectivity index is 2.63. The van der Waals surface area contributed by atoms with Crippen LogP contribution in [0.1, 0.15) is 18.1 Å². The van der Waals surface area contributed by atoms with Crippen LogP contribution < -0.4 is 0 Å². The van der Waals surface area contributed by atoms with Crippen molar-refractivity contribution in [3.05, 3.63) is 47.4 Å². The molecule has 0 spiro atoms. The smallest absolute Gasteiger partial charge is 0.342 e. The third kappa shape index (κ3) is 3.45. The summed E-state index contributed by atoms with van der Waals surface area (Å²) >= 11 is 0. The molecule has 0 radical (unpaired) electrons. The van der Waals surface area contributed by atoms with Crippen molar-refractivity contribution in [2.24, 2.45) is 0 Å². The average molecular weight is 332 g/mol. The van der Waals surface area contributed by atoms with E-state index >= 15 is 0 Å². The zero-order chi connectivity index (χ0) is 17.7. The fourth-order valence-electron chi connectivity index (χ4n) is 2.21. The first kappa shape index (κ1) is 17.3. The van der Waals surface area contributed by atoms with E-state index in [1.54, 1.807) is 24.3 Å². The summed E-state index contributed by atoms with van der Waals surface area (Å²) in [6, 6.07) is 6.70. The second-order valence-electron chi connectivity index (χ2n) is 4.76. The number of benzene rings is 1. The molecule has 0 saturated carbocycles. The van der Waals surface area contributed by atoms with Gasteiger partial charge in [-0.2, -0.15) is 0 Å². The lowest BCUT2D eigenvalue weighted by Crippen LogP contribution is -2.13. The van der Waals surface area contributed by atoms with Crippen molar-refractivity contribution in [2.45, 2.75) is 6.92 Å². The highest BCUT2D eigenvalue weighted by atomic mass is 16.6. The fraction of sp³-hybridized carbons (Fsp3) is 0.235. The summed E-state index contributed by atoms with van der Waals surface area (Å²) in [5.41, 5.74) is 1.07. The van der Waals surface area contributed by atoms with Gasteiger partial charge in [0.1, 0.15) is 24.0 Å². The van der Waals surface area contributed by atoms with Gasteiger partial charge in [-0.25, -0.2) is 9.59 Å². The monoisotopic (exact) mass is 332 g/mol. The highest BCUT2D eigenvalue weighted by Crippen LogP contribution is 2.33. The number of methoxy groups -OCH3 is 2. The van der Waals surface area contributed by atoms with Gasteiger partial charge in [0.25, 0.3) is 0 Å².